The van der Waals surface area contributed by atoms with Gasteiger partial charge in [0.15, 0.2) is 6.61 Å². The maximum Gasteiger partial charge on any atom is 0.309 e. The van der Waals surface area contributed by atoms with Gasteiger partial charge in [-0.1, -0.05) is 35.9 Å². The van der Waals surface area contributed by atoms with Gasteiger partial charge in [0.1, 0.15) is 5.75 Å². The summed E-state index contributed by atoms with van der Waals surface area (Å²) in [5.41, 5.74) is 0.547. The maximum absolute atomic E-state index is 11.7. The van der Waals surface area contributed by atoms with Gasteiger partial charge in [-0.15, -0.1) is 0 Å². The Morgan fingerprint density at radius 3 is 2.57 bits per heavy atom. The predicted molar refractivity (Wildman–Crippen MR) is 87.6 cm³/mol. The number of rotatable bonds is 7. The van der Waals surface area contributed by atoms with Crippen LogP contribution in [-0.2, 0) is 14.3 Å². The number of esters is 1. The van der Waals surface area contributed by atoms with E-state index >= 15 is 0 Å². The van der Waals surface area contributed by atoms with E-state index in [9.17, 15) is 9.59 Å². The van der Waals surface area contributed by atoms with Crippen molar-refractivity contribution in [2.45, 2.75) is 6.42 Å². The van der Waals surface area contributed by atoms with Crippen molar-refractivity contribution in [2.24, 2.45) is 0 Å². The molecule has 0 bridgehead atoms. The van der Waals surface area contributed by atoms with E-state index in [2.05, 4.69) is 5.32 Å². The summed E-state index contributed by atoms with van der Waals surface area (Å²) in [6.45, 7) is -0.157. The first-order chi connectivity index (χ1) is 11.1. The lowest BCUT2D eigenvalue weighted by Gasteiger charge is -2.08. The molecule has 0 aliphatic rings. The van der Waals surface area contributed by atoms with Gasteiger partial charge in [-0.3, -0.25) is 9.59 Å². The number of halogens is 1. The minimum Gasteiger partial charge on any atom is -0.493 e. The van der Waals surface area contributed by atoms with Crippen LogP contribution in [0.4, 0.5) is 5.69 Å². The second kappa shape index (κ2) is 8.80. The summed E-state index contributed by atoms with van der Waals surface area (Å²) in [5.74, 6) is -0.245. The molecule has 0 heterocycles. The minimum atomic E-state index is -0.498. The van der Waals surface area contributed by atoms with Crippen LogP contribution < -0.4 is 10.1 Å². The van der Waals surface area contributed by atoms with Gasteiger partial charge in [0.05, 0.1) is 13.0 Å². The quantitative estimate of drug-likeness (QED) is 0.790. The monoisotopic (exact) mass is 333 g/mol. The predicted octanol–water partition coefficient (Wildman–Crippen LogP) is 3.29. The molecule has 0 unspecified atom stereocenters. The normalized spacial score (nSPS) is 9.96. The third kappa shape index (κ3) is 6.40. The Labute approximate surface area is 139 Å². The van der Waals surface area contributed by atoms with E-state index < -0.39 is 11.9 Å². The molecular weight excluding hydrogens is 318 g/mol. The molecule has 6 heteroatoms. The highest BCUT2D eigenvalue weighted by Crippen LogP contribution is 2.14. The summed E-state index contributed by atoms with van der Waals surface area (Å²) in [4.78, 5) is 23.2. The fourth-order valence-corrected chi connectivity index (χ4v) is 1.94. The van der Waals surface area contributed by atoms with E-state index in [1.54, 1.807) is 36.4 Å². The van der Waals surface area contributed by atoms with Crippen molar-refractivity contribution >= 4 is 29.2 Å². The van der Waals surface area contributed by atoms with E-state index in [-0.39, 0.29) is 19.6 Å². The molecule has 5 nitrogen and oxygen atoms in total. The first-order valence-electron chi connectivity index (χ1n) is 7.02. The van der Waals surface area contributed by atoms with Gasteiger partial charge in [-0.05, 0) is 30.3 Å². The van der Waals surface area contributed by atoms with E-state index in [1.165, 1.54) is 0 Å². The smallest absolute Gasteiger partial charge is 0.309 e. The molecule has 0 fully saturated rings. The lowest BCUT2D eigenvalue weighted by atomic mass is 10.3. The summed E-state index contributed by atoms with van der Waals surface area (Å²) < 4.78 is 10.3. The Balaban J connectivity index is 1.65. The van der Waals surface area contributed by atoms with Crippen molar-refractivity contribution in [1.82, 2.24) is 0 Å². The highest BCUT2D eigenvalue weighted by Gasteiger charge is 2.08. The van der Waals surface area contributed by atoms with Crippen LogP contribution in [0.1, 0.15) is 6.42 Å². The van der Waals surface area contributed by atoms with Crippen LogP contribution in [0, 0.1) is 0 Å². The number of hydrogen-bond donors (Lipinski definition) is 1. The Morgan fingerprint density at radius 1 is 1.04 bits per heavy atom. The summed E-state index contributed by atoms with van der Waals surface area (Å²) in [6, 6.07) is 15.9. The van der Waals surface area contributed by atoms with Crippen LogP contribution in [-0.4, -0.2) is 25.1 Å². The fraction of sp³-hybridized carbons (Fsp3) is 0.176. The molecule has 0 radical (unpaired) electrons. The Morgan fingerprint density at radius 2 is 1.83 bits per heavy atom. The number of carbonyl (C=O) groups excluding carboxylic acids is 2. The van der Waals surface area contributed by atoms with E-state index in [0.717, 1.165) is 0 Å². The highest BCUT2D eigenvalue weighted by atomic mass is 35.5. The van der Waals surface area contributed by atoms with Gasteiger partial charge >= 0.3 is 5.97 Å². The minimum absolute atomic E-state index is 0.0688. The Hall–Kier alpha value is -2.53. The number of carbonyl (C=O) groups is 2. The fourth-order valence-electron chi connectivity index (χ4n) is 1.75. The SMILES string of the molecule is O=C(COC(=O)CCOc1ccccc1)Nc1cccc(Cl)c1. The largest absolute Gasteiger partial charge is 0.493 e. The van der Waals surface area contributed by atoms with E-state index in [1.807, 2.05) is 18.2 Å². The topological polar surface area (TPSA) is 64.6 Å². The molecule has 2 aromatic carbocycles. The first kappa shape index (κ1) is 16.8. The summed E-state index contributed by atoms with van der Waals surface area (Å²) in [5, 5.41) is 3.10. The molecule has 0 saturated carbocycles. The average Bonchev–Trinajstić information content (AvgIpc) is 2.54. The van der Waals surface area contributed by atoms with Crippen molar-refractivity contribution < 1.29 is 19.1 Å². The zero-order chi connectivity index (χ0) is 16.5. The molecule has 0 saturated heterocycles. The lowest BCUT2D eigenvalue weighted by Crippen LogP contribution is -2.21. The van der Waals surface area contributed by atoms with Crippen LogP contribution in [0.25, 0.3) is 0 Å². The van der Waals surface area contributed by atoms with Gasteiger partial charge < -0.3 is 14.8 Å². The van der Waals surface area contributed by atoms with Gasteiger partial charge in [0.2, 0.25) is 0 Å². The number of ether oxygens (including phenoxy) is 2. The maximum atomic E-state index is 11.7. The summed E-state index contributed by atoms with van der Waals surface area (Å²) >= 11 is 5.81. The zero-order valence-electron chi connectivity index (χ0n) is 12.3. The summed E-state index contributed by atoms with van der Waals surface area (Å²) in [6.07, 6.45) is 0.0688. The van der Waals surface area contributed by atoms with Crippen LogP contribution in [0.2, 0.25) is 5.02 Å². The first-order valence-corrected chi connectivity index (χ1v) is 7.40. The third-order valence-electron chi connectivity index (χ3n) is 2.79. The van der Waals surface area contributed by atoms with Crippen LogP contribution >= 0.6 is 11.6 Å². The second-order valence-electron chi connectivity index (χ2n) is 4.63. The zero-order valence-corrected chi connectivity index (χ0v) is 13.1. The Bertz CT molecular complexity index is 661. The number of benzene rings is 2. The molecular formula is C17H16ClNO4. The number of nitrogens with one attached hydrogen (secondary N) is 1. The van der Waals surface area contributed by atoms with Crippen LogP contribution in [0.15, 0.2) is 54.6 Å². The Kier molecular flexibility index (Phi) is 6.44. The molecule has 1 amide bonds. The molecule has 23 heavy (non-hydrogen) atoms. The van der Waals surface area contributed by atoms with E-state index in [0.29, 0.717) is 16.5 Å². The molecule has 0 spiro atoms. The molecule has 0 aliphatic heterocycles. The van der Waals surface area contributed by atoms with E-state index in [4.69, 9.17) is 21.1 Å². The van der Waals surface area contributed by atoms with Crippen LogP contribution in [0.3, 0.4) is 0 Å². The number of para-hydroxylation sites is 1. The standard InChI is InChI=1S/C17H16ClNO4/c18-13-5-4-6-14(11-13)19-16(20)12-23-17(21)9-10-22-15-7-2-1-3-8-15/h1-8,11H,9-10,12H2,(H,19,20). The number of amides is 1. The van der Waals surface area contributed by atoms with Crippen molar-refractivity contribution in [2.75, 3.05) is 18.5 Å². The molecule has 2 aromatic rings. The second-order valence-corrected chi connectivity index (χ2v) is 5.07. The molecule has 0 aliphatic carbocycles. The van der Waals surface area contributed by atoms with Crippen molar-refractivity contribution in [1.29, 1.82) is 0 Å². The van der Waals surface area contributed by atoms with Gasteiger partial charge in [0.25, 0.3) is 5.91 Å². The molecule has 120 valence electrons. The van der Waals surface area contributed by atoms with Crippen LogP contribution in [0.5, 0.6) is 5.75 Å². The highest BCUT2D eigenvalue weighted by molar-refractivity contribution is 6.30. The lowest BCUT2D eigenvalue weighted by molar-refractivity contribution is -0.147. The molecule has 2 rings (SSSR count). The van der Waals surface area contributed by atoms with Gasteiger partial charge in [-0.2, -0.15) is 0 Å². The van der Waals surface area contributed by atoms with Crippen molar-refractivity contribution in [3.8, 4) is 5.75 Å². The average molecular weight is 334 g/mol. The van der Waals surface area contributed by atoms with Crippen molar-refractivity contribution in [3.05, 3.63) is 59.6 Å². The molecule has 1 N–H and O–H groups in total. The molecule has 0 aromatic heterocycles. The summed E-state index contributed by atoms with van der Waals surface area (Å²) in [7, 11) is 0. The van der Waals surface area contributed by atoms with Gasteiger partial charge in [-0.25, -0.2) is 0 Å². The van der Waals surface area contributed by atoms with Gasteiger partial charge in [0, 0.05) is 10.7 Å². The number of hydrogen-bond acceptors (Lipinski definition) is 4. The molecule has 0 atom stereocenters. The number of anilines is 1. The van der Waals surface area contributed by atoms with Crippen molar-refractivity contribution in [3.63, 3.8) is 0 Å². The third-order valence-corrected chi connectivity index (χ3v) is 3.03.